The number of thioether (sulfide) groups is 2. The van der Waals surface area contributed by atoms with Gasteiger partial charge in [0.1, 0.15) is 28.4 Å². The largest absolute Gasteiger partial charge is 0.477 e. The average Bonchev–Trinajstić information content (AvgIpc) is 3.65. The number of carboxylic acids is 1. The Bertz CT molecular complexity index is 1610. The number of oxime groups is 1. The molecule has 0 spiro atoms. The molecule has 2 aromatic heterocycles. The van der Waals surface area contributed by atoms with Gasteiger partial charge in [-0.2, -0.15) is 0 Å². The Morgan fingerprint density at radius 3 is 2.83 bits per heavy atom. The number of hydrogen-bond donors (Lipinski definition) is 4. The van der Waals surface area contributed by atoms with Crippen LogP contribution in [0.4, 0.5) is 9.93 Å². The third kappa shape index (κ3) is 8.32. The number of fused-ring (bicyclic) bond motifs is 1. The zero-order valence-corrected chi connectivity index (χ0v) is 27.0. The van der Waals surface area contributed by atoms with Gasteiger partial charge >= 0.3 is 12.1 Å². The number of tetrazole rings is 1. The number of β-lactam (4-membered cyclic amide) rings is 1. The van der Waals surface area contributed by atoms with E-state index < -0.39 is 40.9 Å². The predicted octanol–water partition coefficient (Wildman–Crippen LogP) is 0.107. The van der Waals surface area contributed by atoms with Gasteiger partial charge in [-0.15, -0.1) is 34.6 Å². The first-order valence-electron chi connectivity index (χ1n) is 13.3. The number of amides is 4. The molecule has 4 heterocycles. The summed E-state index contributed by atoms with van der Waals surface area (Å²) in [4.78, 5) is 71.6. The van der Waals surface area contributed by atoms with Gasteiger partial charge in [-0.3, -0.25) is 19.3 Å². The molecule has 1 unspecified atom stereocenters. The van der Waals surface area contributed by atoms with Crippen molar-refractivity contribution in [2.45, 2.75) is 49.5 Å². The summed E-state index contributed by atoms with van der Waals surface area (Å²) in [6.07, 6.45) is 5.02. The molecule has 2 aliphatic rings. The molecule has 1 fully saturated rings. The lowest BCUT2D eigenvalue weighted by atomic mass is 10.0. The summed E-state index contributed by atoms with van der Waals surface area (Å²) in [6.45, 7) is 5.43. The number of aliphatic carboxylic acids is 1. The van der Waals surface area contributed by atoms with E-state index in [1.165, 1.54) is 33.6 Å². The first-order chi connectivity index (χ1) is 21.9. The quantitative estimate of drug-likeness (QED) is 0.0392. The summed E-state index contributed by atoms with van der Waals surface area (Å²) in [5.74, 6) is -0.128. The number of hydrogen-bond acceptors (Lipinski definition) is 15. The molecule has 2 aliphatic heterocycles. The van der Waals surface area contributed by atoms with Gasteiger partial charge in [-0.1, -0.05) is 22.8 Å². The number of aromatic nitrogens is 5. The highest BCUT2D eigenvalue weighted by atomic mass is 32.2. The Balaban J connectivity index is 1.41. The van der Waals surface area contributed by atoms with Gasteiger partial charge in [0.2, 0.25) is 11.6 Å². The number of rotatable bonds is 14. The highest BCUT2D eigenvalue weighted by molar-refractivity contribution is 8.01. The summed E-state index contributed by atoms with van der Waals surface area (Å²) < 4.78 is 6.66. The number of ether oxygens (including phenoxy) is 1. The van der Waals surface area contributed by atoms with Crippen LogP contribution in [0.3, 0.4) is 0 Å². The lowest BCUT2D eigenvalue weighted by Crippen LogP contribution is -2.71. The molecule has 4 amide bonds. The van der Waals surface area contributed by atoms with Crippen LogP contribution in [0.5, 0.6) is 0 Å². The molecule has 1 saturated heterocycles. The second kappa shape index (κ2) is 15.1. The summed E-state index contributed by atoms with van der Waals surface area (Å²) in [6, 6.07) is -1.06. The first-order valence-corrected chi connectivity index (χ1v) is 16.2. The Morgan fingerprint density at radius 1 is 1.35 bits per heavy atom. The molecule has 0 aliphatic carbocycles. The summed E-state index contributed by atoms with van der Waals surface area (Å²) in [5, 5.41) is 34.2. The van der Waals surface area contributed by atoms with Crippen LogP contribution in [0.2, 0.25) is 0 Å². The van der Waals surface area contributed by atoms with Crippen molar-refractivity contribution in [3.05, 3.63) is 22.3 Å². The van der Waals surface area contributed by atoms with Gasteiger partial charge in [0, 0.05) is 23.4 Å². The second-order valence-corrected chi connectivity index (χ2v) is 13.1. The molecule has 0 aromatic carbocycles. The van der Waals surface area contributed by atoms with Gasteiger partial charge in [0.05, 0.1) is 6.54 Å². The van der Waals surface area contributed by atoms with E-state index in [9.17, 15) is 29.1 Å². The van der Waals surface area contributed by atoms with E-state index >= 15 is 0 Å². The van der Waals surface area contributed by atoms with Crippen LogP contribution in [0.15, 0.2) is 27.0 Å². The second-order valence-electron chi connectivity index (χ2n) is 10.2. The maximum atomic E-state index is 13.2. The van der Waals surface area contributed by atoms with Gasteiger partial charge in [-0.25, -0.2) is 19.3 Å². The van der Waals surface area contributed by atoms with Crippen LogP contribution in [0, 0.1) is 12.3 Å². The van der Waals surface area contributed by atoms with E-state index in [1.807, 2.05) is 0 Å². The minimum atomic E-state index is -1.30. The highest BCUT2D eigenvalue weighted by Crippen LogP contribution is 2.41. The third-order valence-electron chi connectivity index (χ3n) is 5.85. The molecule has 0 radical (unpaired) electrons. The minimum Gasteiger partial charge on any atom is -0.477 e. The third-order valence-corrected chi connectivity index (χ3v) is 9.01. The van der Waals surface area contributed by atoms with Crippen molar-refractivity contribution in [3.8, 4) is 12.3 Å². The van der Waals surface area contributed by atoms with Gasteiger partial charge in [-0.05, 0) is 36.8 Å². The number of nitrogens with zero attached hydrogens (tertiary/aromatic N) is 7. The number of thiazole rings is 1. The van der Waals surface area contributed by atoms with Gasteiger partial charge in [0.25, 0.3) is 11.8 Å². The van der Waals surface area contributed by atoms with Crippen molar-refractivity contribution in [1.82, 2.24) is 40.7 Å². The molecule has 2 aromatic rings. The average molecular weight is 693 g/mol. The number of carboxylic acid groups (broad SMARTS) is 1. The Kier molecular flexibility index (Phi) is 11.2. The summed E-state index contributed by atoms with van der Waals surface area (Å²) in [7, 11) is 0. The van der Waals surface area contributed by atoms with E-state index in [0.717, 1.165) is 16.2 Å². The zero-order valence-electron chi connectivity index (χ0n) is 24.6. The van der Waals surface area contributed by atoms with E-state index in [0.29, 0.717) is 17.1 Å². The molecule has 46 heavy (non-hydrogen) atoms. The molecule has 0 saturated carbocycles. The SMILES string of the molecule is C#CCON=C(C(=O)NC1C(=O)N2C(C(=O)O)=C(CSc3nnnn3CCNC(=O)OC(C)(C)C)CS[C@H]12)c1csc(NC=O)n1. The number of terminal acetylenes is 1. The number of anilines is 1. The minimum absolute atomic E-state index is 0.0668. The van der Waals surface area contributed by atoms with E-state index in [-0.39, 0.29) is 53.4 Å². The standard InChI is InChI=1S/C25H28N10O8S3/c1-5-8-42-31-15(14-11-45-22(28-14)27-12-36)18(37)29-16-19(38)35-17(21(39)40)13(9-44-20(16)35)10-46-23-30-32-33-34(23)7-6-26-24(41)43-25(2,3)4/h1,11-12,16,20H,6-10H2,2-4H3,(H,26,41)(H,29,37)(H,39,40)(H,27,28,36)/t16?,20-/m1/s1. The molecule has 2 atom stereocenters. The van der Waals surface area contributed by atoms with Crippen molar-refractivity contribution in [2.75, 3.05) is 30.0 Å². The van der Waals surface area contributed by atoms with E-state index in [1.54, 1.807) is 20.8 Å². The van der Waals surface area contributed by atoms with Crippen molar-refractivity contribution >= 4 is 76.0 Å². The number of nitrogens with one attached hydrogen (secondary N) is 3. The molecule has 4 N–H and O–H groups in total. The van der Waals surface area contributed by atoms with E-state index in [4.69, 9.17) is 16.0 Å². The fourth-order valence-electron chi connectivity index (χ4n) is 4.01. The maximum Gasteiger partial charge on any atom is 0.407 e. The molecule has 21 heteroatoms. The number of carbonyl (C=O) groups excluding carboxylic acids is 4. The van der Waals surface area contributed by atoms with Crippen molar-refractivity contribution in [2.24, 2.45) is 5.16 Å². The van der Waals surface area contributed by atoms with E-state index in [2.05, 4.69) is 47.5 Å². The molecular weight excluding hydrogens is 665 g/mol. The van der Waals surface area contributed by atoms with Crippen molar-refractivity contribution in [1.29, 1.82) is 0 Å². The normalized spacial score (nSPS) is 17.7. The van der Waals surface area contributed by atoms with Crippen molar-refractivity contribution < 1.29 is 38.7 Å². The molecule has 18 nitrogen and oxygen atoms in total. The Hall–Kier alpha value is -4.68. The molecule has 4 rings (SSSR count). The van der Waals surface area contributed by atoms with Gasteiger partial charge in [0.15, 0.2) is 17.5 Å². The molecule has 244 valence electrons. The van der Waals surface area contributed by atoms with Crippen molar-refractivity contribution in [3.63, 3.8) is 0 Å². The van der Waals surface area contributed by atoms with Gasteiger partial charge < -0.3 is 30.6 Å². The topological polar surface area (TPSA) is 232 Å². The Morgan fingerprint density at radius 2 is 2.13 bits per heavy atom. The smallest absolute Gasteiger partial charge is 0.407 e. The van der Waals surface area contributed by atoms with Crippen LogP contribution in [0.1, 0.15) is 26.5 Å². The lowest BCUT2D eigenvalue weighted by Gasteiger charge is -2.49. The predicted molar refractivity (Wildman–Crippen MR) is 166 cm³/mol. The summed E-state index contributed by atoms with van der Waals surface area (Å²) >= 11 is 3.48. The number of carbonyl (C=O) groups is 5. The first kappa shape index (κ1) is 34.2. The van der Waals surface area contributed by atoms with Crippen LogP contribution in [-0.4, -0.2) is 113 Å². The lowest BCUT2D eigenvalue weighted by molar-refractivity contribution is -0.150. The summed E-state index contributed by atoms with van der Waals surface area (Å²) in [5.41, 5.74) is -0.597. The highest BCUT2D eigenvalue weighted by Gasteiger charge is 2.54. The fraction of sp³-hybridized carbons (Fsp3) is 0.440. The van der Waals surface area contributed by atoms with Crippen LogP contribution in [0.25, 0.3) is 0 Å². The zero-order chi connectivity index (χ0) is 33.4. The molecule has 0 bridgehead atoms. The van der Waals surface area contributed by atoms with Crippen LogP contribution < -0.4 is 16.0 Å². The van der Waals surface area contributed by atoms with Crippen LogP contribution in [-0.2, 0) is 35.3 Å². The fourth-order valence-corrected chi connectivity index (χ4v) is 7.05. The Labute approximate surface area is 274 Å². The van der Waals surface area contributed by atoms with Crippen LogP contribution >= 0.6 is 34.9 Å². The maximum absolute atomic E-state index is 13.2. The number of alkyl carbamates (subject to hydrolysis) is 1. The monoisotopic (exact) mass is 692 g/mol. The molecular formula is C25H28N10O8S3.